The number of hydrogen-bond acceptors (Lipinski definition) is 5. The Morgan fingerprint density at radius 3 is 2.14 bits per heavy atom. The zero-order valence-corrected chi connectivity index (χ0v) is 22.0. The molecule has 4 rings (SSSR count). The summed E-state index contributed by atoms with van der Waals surface area (Å²) in [5.74, 6) is -1.62. The first-order valence-corrected chi connectivity index (χ1v) is 13.2. The summed E-state index contributed by atoms with van der Waals surface area (Å²) in [6.07, 6.45) is 0. The number of benzene rings is 3. The normalized spacial score (nSPS) is 11.8. The van der Waals surface area contributed by atoms with Crippen LogP contribution < -0.4 is 10.2 Å². The van der Waals surface area contributed by atoms with Crippen LogP contribution in [0, 0.1) is 5.92 Å². The van der Waals surface area contributed by atoms with Crippen LogP contribution in [0.3, 0.4) is 0 Å². The van der Waals surface area contributed by atoms with Crippen molar-refractivity contribution >= 4 is 28.3 Å². The second kappa shape index (κ2) is 11.8. The van der Waals surface area contributed by atoms with E-state index in [4.69, 9.17) is 4.98 Å². The number of carbonyl (C=O) groups is 2. The van der Waals surface area contributed by atoms with Crippen LogP contribution in [0.15, 0.2) is 84.2 Å². The fourth-order valence-corrected chi connectivity index (χ4v) is 4.94. The van der Waals surface area contributed by atoms with E-state index < -0.39 is 12.0 Å². The van der Waals surface area contributed by atoms with E-state index in [9.17, 15) is 14.7 Å². The van der Waals surface area contributed by atoms with Crippen LogP contribution >= 0.6 is 11.3 Å². The molecule has 0 aliphatic carbocycles. The Morgan fingerprint density at radius 2 is 1.54 bits per heavy atom. The lowest BCUT2D eigenvalue weighted by atomic mass is 10.0. The molecule has 1 atom stereocenters. The van der Waals surface area contributed by atoms with Gasteiger partial charge in [-0.05, 0) is 41.7 Å². The van der Waals surface area contributed by atoms with Crippen molar-refractivity contribution in [2.24, 2.45) is 5.92 Å². The first-order chi connectivity index (χ1) is 17.9. The number of anilines is 1. The van der Waals surface area contributed by atoms with Gasteiger partial charge in [0.1, 0.15) is 6.04 Å². The van der Waals surface area contributed by atoms with Gasteiger partial charge >= 0.3 is 5.97 Å². The standard InChI is InChI=1S/C30H31N3O3S/c1-4-33(18-21-10-12-25(13-11-21)28(34)32-27(20(2)3)29(35)36)30-31-26(19-37-30)24-16-14-23(15-17-24)22-8-6-5-7-9-22/h5-17,19-20,27H,4,18H2,1-3H3,(H,32,34)(H,35,36). The molecule has 0 fully saturated rings. The fourth-order valence-electron chi connectivity index (χ4n) is 4.04. The van der Waals surface area contributed by atoms with E-state index in [0.717, 1.165) is 28.5 Å². The first kappa shape index (κ1) is 26.1. The highest BCUT2D eigenvalue weighted by Gasteiger charge is 2.24. The van der Waals surface area contributed by atoms with Crippen molar-refractivity contribution < 1.29 is 14.7 Å². The molecule has 2 N–H and O–H groups in total. The Hall–Kier alpha value is -3.97. The van der Waals surface area contributed by atoms with Crippen LogP contribution in [0.4, 0.5) is 5.13 Å². The van der Waals surface area contributed by atoms with Gasteiger partial charge in [-0.25, -0.2) is 9.78 Å². The molecule has 0 aliphatic heterocycles. The van der Waals surface area contributed by atoms with Gasteiger partial charge in [0.15, 0.2) is 5.13 Å². The quantitative estimate of drug-likeness (QED) is 0.258. The lowest BCUT2D eigenvalue weighted by molar-refractivity contribution is -0.140. The number of carboxylic acids is 1. The van der Waals surface area contributed by atoms with Gasteiger partial charge in [0.05, 0.1) is 5.69 Å². The molecule has 0 spiro atoms. The topological polar surface area (TPSA) is 82.5 Å². The average molecular weight is 514 g/mol. The molecule has 1 amide bonds. The minimum Gasteiger partial charge on any atom is -0.480 e. The maximum atomic E-state index is 12.5. The number of carboxylic acid groups (broad SMARTS) is 1. The molecule has 3 aromatic carbocycles. The zero-order valence-electron chi connectivity index (χ0n) is 21.2. The van der Waals surface area contributed by atoms with Gasteiger partial charge in [-0.2, -0.15) is 0 Å². The Labute approximate surface area is 221 Å². The Morgan fingerprint density at radius 1 is 0.919 bits per heavy atom. The number of carbonyl (C=O) groups excluding carboxylic acids is 1. The van der Waals surface area contributed by atoms with Crippen LogP contribution in [-0.2, 0) is 11.3 Å². The van der Waals surface area contributed by atoms with Gasteiger partial charge in [0.2, 0.25) is 0 Å². The molecule has 0 saturated heterocycles. The van der Waals surface area contributed by atoms with Gasteiger partial charge in [-0.1, -0.05) is 80.6 Å². The lowest BCUT2D eigenvalue weighted by Crippen LogP contribution is -2.44. The molecule has 4 aromatic rings. The molecular formula is C30H31N3O3S. The summed E-state index contributed by atoms with van der Waals surface area (Å²) in [4.78, 5) is 31.0. The van der Waals surface area contributed by atoms with Crippen LogP contribution in [0.1, 0.15) is 36.7 Å². The lowest BCUT2D eigenvalue weighted by Gasteiger charge is -2.20. The number of rotatable bonds is 10. The smallest absolute Gasteiger partial charge is 0.326 e. The molecule has 190 valence electrons. The van der Waals surface area contributed by atoms with Crippen LogP contribution in [0.25, 0.3) is 22.4 Å². The number of hydrogen-bond donors (Lipinski definition) is 2. The number of nitrogens with zero attached hydrogens (tertiary/aromatic N) is 2. The van der Waals surface area contributed by atoms with Gasteiger partial charge in [-0.3, -0.25) is 4.79 Å². The van der Waals surface area contributed by atoms with Crippen LogP contribution in [-0.4, -0.2) is 34.6 Å². The Bertz CT molecular complexity index is 1330. The van der Waals surface area contributed by atoms with Crippen molar-refractivity contribution in [2.75, 3.05) is 11.4 Å². The predicted molar refractivity (Wildman–Crippen MR) is 150 cm³/mol. The highest BCUT2D eigenvalue weighted by atomic mass is 32.1. The summed E-state index contributed by atoms with van der Waals surface area (Å²) < 4.78 is 0. The Balaban J connectivity index is 1.42. The number of aliphatic carboxylic acids is 1. The summed E-state index contributed by atoms with van der Waals surface area (Å²) >= 11 is 1.61. The second-order valence-corrected chi connectivity index (χ2v) is 10.0. The number of nitrogens with one attached hydrogen (secondary N) is 1. The molecule has 6 nitrogen and oxygen atoms in total. The van der Waals surface area contributed by atoms with E-state index in [1.807, 2.05) is 30.3 Å². The van der Waals surface area contributed by atoms with E-state index in [-0.39, 0.29) is 11.8 Å². The zero-order chi connectivity index (χ0) is 26.4. The largest absolute Gasteiger partial charge is 0.480 e. The van der Waals surface area contributed by atoms with E-state index in [0.29, 0.717) is 12.1 Å². The number of aromatic nitrogens is 1. The maximum Gasteiger partial charge on any atom is 0.326 e. The highest BCUT2D eigenvalue weighted by Crippen LogP contribution is 2.30. The number of thiazole rings is 1. The van der Waals surface area contributed by atoms with Gasteiger partial charge in [-0.15, -0.1) is 11.3 Å². The minimum absolute atomic E-state index is 0.205. The van der Waals surface area contributed by atoms with E-state index in [1.54, 1.807) is 37.3 Å². The van der Waals surface area contributed by atoms with Crippen molar-refractivity contribution in [3.63, 3.8) is 0 Å². The molecule has 0 aliphatic rings. The summed E-state index contributed by atoms with van der Waals surface area (Å²) in [5, 5.41) is 14.9. The molecule has 0 radical (unpaired) electrons. The van der Waals surface area contributed by atoms with Crippen molar-refractivity contribution in [1.29, 1.82) is 0 Å². The van der Waals surface area contributed by atoms with Crippen molar-refractivity contribution in [2.45, 2.75) is 33.4 Å². The molecule has 1 heterocycles. The highest BCUT2D eigenvalue weighted by molar-refractivity contribution is 7.14. The summed E-state index contributed by atoms with van der Waals surface area (Å²) in [7, 11) is 0. The van der Waals surface area contributed by atoms with Gasteiger partial charge in [0, 0.05) is 29.6 Å². The first-order valence-electron chi connectivity index (χ1n) is 12.3. The molecular weight excluding hydrogens is 482 g/mol. The van der Waals surface area contributed by atoms with Crippen molar-refractivity contribution in [3.8, 4) is 22.4 Å². The minimum atomic E-state index is -1.03. The van der Waals surface area contributed by atoms with E-state index in [1.165, 1.54) is 11.1 Å². The molecule has 37 heavy (non-hydrogen) atoms. The van der Waals surface area contributed by atoms with Gasteiger partial charge < -0.3 is 15.3 Å². The third-order valence-corrected chi connectivity index (χ3v) is 7.14. The SMILES string of the molecule is CCN(Cc1ccc(C(=O)NC(C(=O)O)C(C)C)cc1)c1nc(-c2ccc(-c3ccccc3)cc2)cs1. The average Bonchev–Trinajstić information content (AvgIpc) is 3.41. The van der Waals surface area contributed by atoms with Crippen molar-refractivity contribution in [1.82, 2.24) is 10.3 Å². The van der Waals surface area contributed by atoms with Crippen LogP contribution in [0.5, 0.6) is 0 Å². The van der Waals surface area contributed by atoms with E-state index in [2.05, 4.69) is 58.9 Å². The summed E-state index contributed by atoms with van der Waals surface area (Å²) in [6, 6.07) is 25.1. The molecule has 1 aromatic heterocycles. The molecule has 0 bridgehead atoms. The monoisotopic (exact) mass is 513 g/mol. The second-order valence-electron chi connectivity index (χ2n) is 9.20. The fraction of sp³-hybridized carbons (Fsp3) is 0.233. The van der Waals surface area contributed by atoms with E-state index >= 15 is 0 Å². The van der Waals surface area contributed by atoms with Crippen LogP contribution in [0.2, 0.25) is 0 Å². The molecule has 7 heteroatoms. The third-order valence-electron chi connectivity index (χ3n) is 6.24. The predicted octanol–water partition coefficient (Wildman–Crippen LogP) is 6.34. The molecule has 0 saturated carbocycles. The molecule has 1 unspecified atom stereocenters. The third kappa shape index (κ3) is 6.43. The van der Waals surface area contributed by atoms with Crippen molar-refractivity contribution in [3.05, 3.63) is 95.4 Å². The number of amides is 1. The summed E-state index contributed by atoms with van der Waals surface area (Å²) in [5.41, 5.74) is 5.87. The Kier molecular flexibility index (Phi) is 8.36. The summed E-state index contributed by atoms with van der Waals surface area (Å²) in [6.45, 7) is 7.07. The van der Waals surface area contributed by atoms with Gasteiger partial charge in [0.25, 0.3) is 5.91 Å². The maximum absolute atomic E-state index is 12.5.